The van der Waals surface area contributed by atoms with Gasteiger partial charge in [0.25, 0.3) is 0 Å². The second-order valence-corrected chi connectivity index (χ2v) is 5.01. The Hall–Kier alpha value is -2.96. The van der Waals surface area contributed by atoms with Gasteiger partial charge in [-0.1, -0.05) is 36.4 Å². The van der Waals surface area contributed by atoms with Gasteiger partial charge in [0.05, 0.1) is 11.7 Å². The standard InChI is InChI=1S/C17H13F3N4/c18-17(19,20)14-9-11-22-16(23-14)24-15(12-6-2-1-3-7-12)13-8-4-5-10-21-13/h1-11,15H,(H,22,23,24). The monoisotopic (exact) mass is 330 g/mol. The molecule has 24 heavy (non-hydrogen) atoms. The lowest BCUT2D eigenvalue weighted by atomic mass is 10.0. The highest BCUT2D eigenvalue weighted by Crippen LogP contribution is 2.29. The van der Waals surface area contributed by atoms with Crippen LogP contribution in [0.4, 0.5) is 19.1 Å². The normalized spacial score (nSPS) is 12.6. The summed E-state index contributed by atoms with van der Waals surface area (Å²) in [5, 5.41) is 2.94. The Morgan fingerprint density at radius 2 is 1.58 bits per heavy atom. The van der Waals surface area contributed by atoms with Crippen molar-refractivity contribution in [3.8, 4) is 0 Å². The fourth-order valence-electron chi connectivity index (χ4n) is 2.24. The lowest BCUT2D eigenvalue weighted by molar-refractivity contribution is -0.141. The summed E-state index contributed by atoms with van der Waals surface area (Å²) in [6.07, 6.45) is -1.81. The van der Waals surface area contributed by atoms with Gasteiger partial charge in [0.2, 0.25) is 5.95 Å². The first-order chi connectivity index (χ1) is 11.5. The molecule has 2 heterocycles. The molecule has 3 aromatic rings. The highest BCUT2D eigenvalue weighted by molar-refractivity contribution is 5.38. The third-order valence-electron chi connectivity index (χ3n) is 3.34. The molecular weight excluding hydrogens is 317 g/mol. The Morgan fingerprint density at radius 1 is 0.833 bits per heavy atom. The quantitative estimate of drug-likeness (QED) is 0.783. The van der Waals surface area contributed by atoms with Gasteiger partial charge < -0.3 is 5.32 Å². The first-order valence-electron chi connectivity index (χ1n) is 7.17. The zero-order valence-corrected chi connectivity index (χ0v) is 12.4. The smallest absolute Gasteiger partial charge is 0.342 e. The van der Waals surface area contributed by atoms with Gasteiger partial charge in [0.15, 0.2) is 0 Å². The Labute approximate surface area is 136 Å². The van der Waals surface area contributed by atoms with Gasteiger partial charge in [-0.3, -0.25) is 4.98 Å². The van der Waals surface area contributed by atoms with Crippen LogP contribution in [0.5, 0.6) is 0 Å². The topological polar surface area (TPSA) is 50.7 Å². The molecule has 0 saturated heterocycles. The molecule has 122 valence electrons. The van der Waals surface area contributed by atoms with Crippen LogP contribution in [0.1, 0.15) is 23.0 Å². The number of benzene rings is 1. The molecule has 1 unspecified atom stereocenters. The van der Waals surface area contributed by atoms with Gasteiger partial charge >= 0.3 is 6.18 Å². The van der Waals surface area contributed by atoms with E-state index in [2.05, 4.69) is 20.3 Å². The Morgan fingerprint density at radius 3 is 2.25 bits per heavy atom. The maximum Gasteiger partial charge on any atom is 0.433 e. The van der Waals surface area contributed by atoms with Gasteiger partial charge in [-0.25, -0.2) is 9.97 Å². The zero-order chi connectivity index (χ0) is 17.0. The number of hydrogen-bond acceptors (Lipinski definition) is 4. The molecule has 7 heteroatoms. The number of hydrogen-bond donors (Lipinski definition) is 1. The first-order valence-corrected chi connectivity index (χ1v) is 7.17. The molecule has 0 aliphatic carbocycles. The summed E-state index contributed by atoms with van der Waals surface area (Å²) in [5.41, 5.74) is 0.509. The van der Waals surface area contributed by atoms with E-state index in [1.165, 1.54) is 0 Å². The van der Waals surface area contributed by atoms with Gasteiger partial charge in [-0.15, -0.1) is 0 Å². The molecule has 2 aromatic heterocycles. The predicted molar refractivity (Wildman–Crippen MR) is 83.2 cm³/mol. The first kappa shape index (κ1) is 15.9. The highest BCUT2D eigenvalue weighted by atomic mass is 19.4. The van der Waals surface area contributed by atoms with Crippen LogP contribution in [-0.4, -0.2) is 15.0 Å². The second-order valence-electron chi connectivity index (χ2n) is 5.01. The summed E-state index contributed by atoms with van der Waals surface area (Å²) in [4.78, 5) is 11.7. The van der Waals surface area contributed by atoms with Crippen LogP contribution in [0.2, 0.25) is 0 Å². The number of rotatable bonds is 4. The van der Waals surface area contributed by atoms with Crippen molar-refractivity contribution < 1.29 is 13.2 Å². The van der Waals surface area contributed by atoms with Crippen LogP contribution >= 0.6 is 0 Å². The van der Waals surface area contributed by atoms with Crippen molar-refractivity contribution in [2.75, 3.05) is 5.32 Å². The van der Waals surface area contributed by atoms with Crippen LogP contribution < -0.4 is 5.32 Å². The number of pyridine rings is 1. The summed E-state index contributed by atoms with van der Waals surface area (Å²) < 4.78 is 38.5. The number of aromatic nitrogens is 3. The SMILES string of the molecule is FC(F)(F)c1ccnc(NC(c2ccccc2)c2ccccn2)n1. The van der Waals surface area contributed by atoms with E-state index < -0.39 is 17.9 Å². The second kappa shape index (κ2) is 6.66. The Bertz CT molecular complexity index is 752. The number of alkyl halides is 3. The molecule has 0 radical (unpaired) electrons. The van der Waals surface area contributed by atoms with Crippen LogP contribution in [0.3, 0.4) is 0 Å². The van der Waals surface area contributed by atoms with E-state index in [1.807, 2.05) is 36.4 Å². The van der Waals surface area contributed by atoms with Crippen molar-refractivity contribution in [2.24, 2.45) is 0 Å². The molecule has 0 amide bonds. The maximum atomic E-state index is 12.8. The third kappa shape index (κ3) is 3.68. The largest absolute Gasteiger partial charge is 0.433 e. The van der Waals surface area contributed by atoms with Crippen molar-refractivity contribution in [3.63, 3.8) is 0 Å². The van der Waals surface area contributed by atoms with E-state index in [9.17, 15) is 13.2 Å². The molecule has 1 N–H and O–H groups in total. The fraction of sp³-hybridized carbons (Fsp3) is 0.118. The average molecular weight is 330 g/mol. The lowest BCUT2D eigenvalue weighted by Gasteiger charge is -2.19. The average Bonchev–Trinajstić information content (AvgIpc) is 2.61. The molecular formula is C17H13F3N4. The number of nitrogens with zero attached hydrogens (tertiary/aromatic N) is 3. The molecule has 0 bridgehead atoms. The zero-order valence-electron chi connectivity index (χ0n) is 12.4. The number of anilines is 1. The van der Waals surface area contributed by atoms with E-state index in [-0.39, 0.29) is 5.95 Å². The van der Waals surface area contributed by atoms with Crippen molar-refractivity contribution in [1.82, 2.24) is 15.0 Å². The van der Waals surface area contributed by atoms with Gasteiger partial charge in [-0.2, -0.15) is 13.2 Å². The molecule has 4 nitrogen and oxygen atoms in total. The molecule has 1 atom stereocenters. The maximum absolute atomic E-state index is 12.8. The molecule has 0 spiro atoms. The van der Waals surface area contributed by atoms with Crippen molar-refractivity contribution >= 4 is 5.95 Å². The predicted octanol–water partition coefficient (Wildman–Crippen LogP) is 4.09. The van der Waals surface area contributed by atoms with Crippen molar-refractivity contribution in [3.05, 3.63) is 83.9 Å². The van der Waals surface area contributed by atoms with Crippen LogP contribution in [0.15, 0.2) is 67.0 Å². The Kier molecular flexibility index (Phi) is 4.41. The summed E-state index contributed by atoms with van der Waals surface area (Å²) >= 11 is 0. The minimum atomic E-state index is -4.52. The molecule has 0 fully saturated rings. The summed E-state index contributed by atoms with van der Waals surface area (Å²) in [6.45, 7) is 0. The summed E-state index contributed by atoms with van der Waals surface area (Å²) in [5.74, 6) is -0.107. The minimum Gasteiger partial charge on any atom is -0.342 e. The highest BCUT2D eigenvalue weighted by Gasteiger charge is 2.33. The van der Waals surface area contributed by atoms with Gasteiger partial charge in [0.1, 0.15) is 5.69 Å². The van der Waals surface area contributed by atoms with Crippen LogP contribution in [0.25, 0.3) is 0 Å². The van der Waals surface area contributed by atoms with Gasteiger partial charge in [-0.05, 0) is 23.8 Å². The van der Waals surface area contributed by atoms with E-state index in [0.29, 0.717) is 5.69 Å². The molecule has 0 aliphatic rings. The fourth-order valence-corrected chi connectivity index (χ4v) is 2.24. The lowest BCUT2D eigenvalue weighted by Crippen LogP contribution is -2.17. The van der Waals surface area contributed by atoms with E-state index in [4.69, 9.17) is 0 Å². The van der Waals surface area contributed by atoms with E-state index in [0.717, 1.165) is 17.8 Å². The molecule has 1 aromatic carbocycles. The van der Waals surface area contributed by atoms with E-state index >= 15 is 0 Å². The van der Waals surface area contributed by atoms with Crippen molar-refractivity contribution in [1.29, 1.82) is 0 Å². The summed E-state index contributed by atoms with van der Waals surface area (Å²) in [7, 11) is 0. The summed E-state index contributed by atoms with van der Waals surface area (Å²) in [6, 6.07) is 15.0. The minimum absolute atomic E-state index is 0.107. The number of nitrogens with one attached hydrogen (secondary N) is 1. The molecule has 0 saturated carbocycles. The van der Waals surface area contributed by atoms with Gasteiger partial charge in [0, 0.05) is 12.4 Å². The molecule has 3 rings (SSSR count). The van der Waals surface area contributed by atoms with E-state index in [1.54, 1.807) is 18.3 Å². The van der Waals surface area contributed by atoms with Crippen LogP contribution in [-0.2, 0) is 6.18 Å². The van der Waals surface area contributed by atoms with Crippen LogP contribution in [0, 0.1) is 0 Å². The number of halogens is 3. The van der Waals surface area contributed by atoms with Crippen molar-refractivity contribution in [2.45, 2.75) is 12.2 Å². The third-order valence-corrected chi connectivity index (χ3v) is 3.34. The molecule has 0 aliphatic heterocycles. The Balaban J connectivity index is 1.96.